The van der Waals surface area contributed by atoms with Gasteiger partial charge in [-0.25, -0.2) is 0 Å². The molecular weight excluding hydrogens is 340 g/mol. The molecule has 150 valence electrons. The topological polar surface area (TPSA) is 64.7 Å². The number of carbonyl (C=O) groups excluding carboxylic acids is 2. The summed E-state index contributed by atoms with van der Waals surface area (Å²) in [7, 11) is 0. The first-order valence-corrected chi connectivity index (χ1v) is 9.76. The molecule has 1 saturated heterocycles. The molecule has 1 aliphatic heterocycles. The number of hydrogen-bond acceptors (Lipinski definition) is 4. The number of anilines is 1. The van der Waals surface area contributed by atoms with Crippen molar-refractivity contribution in [2.24, 2.45) is 0 Å². The van der Waals surface area contributed by atoms with Crippen LogP contribution in [0.3, 0.4) is 0 Å². The van der Waals surface area contributed by atoms with E-state index in [1.54, 1.807) is 0 Å². The van der Waals surface area contributed by atoms with Crippen molar-refractivity contribution < 1.29 is 9.59 Å². The Balaban J connectivity index is 1.81. The van der Waals surface area contributed by atoms with Gasteiger partial charge in [-0.3, -0.25) is 19.4 Å². The zero-order valence-electron chi connectivity index (χ0n) is 17.4. The molecule has 1 heterocycles. The Morgan fingerprint density at radius 1 is 0.963 bits per heavy atom. The molecule has 0 aliphatic carbocycles. The molecule has 0 spiro atoms. The summed E-state index contributed by atoms with van der Waals surface area (Å²) in [6.45, 7) is 14.2. The smallest absolute Gasteiger partial charge is 0.238 e. The van der Waals surface area contributed by atoms with Gasteiger partial charge in [0.2, 0.25) is 11.8 Å². The second-order valence-corrected chi connectivity index (χ2v) is 8.50. The fourth-order valence-corrected chi connectivity index (χ4v) is 3.28. The normalized spacial score (nSPS) is 16.6. The Hall–Kier alpha value is -1.92. The molecule has 6 heteroatoms. The molecule has 0 atom stereocenters. The van der Waals surface area contributed by atoms with Crippen LogP contribution in [0, 0.1) is 13.8 Å². The molecule has 2 N–H and O–H groups in total. The first-order chi connectivity index (χ1) is 12.6. The SMILES string of the molecule is Cc1cccc(NC(=O)CN2CCCN(CC(=O)NC(C)(C)C)CC2)c1C. The summed E-state index contributed by atoms with van der Waals surface area (Å²) >= 11 is 0. The van der Waals surface area contributed by atoms with Crippen LogP contribution in [0.5, 0.6) is 0 Å². The number of carbonyl (C=O) groups is 2. The molecule has 0 saturated carbocycles. The van der Waals surface area contributed by atoms with Crippen LogP contribution in [0.25, 0.3) is 0 Å². The Labute approximate surface area is 163 Å². The van der Waals surface area contributed by atoms with E-state index in [1.807, 2.05) is 52.8 Å². The van der Waals surface area contributed by atoms with Gasteiger partial charge in [0.1, 0.15) is 0 Å². The number of amides is 2. The van der Waals surface area contributed by atoms with Crippen LogP contribution in [0.4, 0.5) is 5.69 Å². The van der Waals surface area contributed by atoms with Gasteiger partial charge in [0, 0.05) is 24.3 Å². The summed E-state index contributed by atoms with van der Waals surface area (Å²) in [5.74, 6) is 0.0752. The third-order valence-electron chi connectivity index (χ3n) is 4.81. The molecular formula is C21H34N4O2. The first-order valence-electron chi connectivity index (χ1n) is 9.76. The Morgan fingerprint density at radius 2 is 1.56 bits per heavy atom. The van der Waals surface area contributed by atoms with Gasteiger partial charge in [-0.05, 0) is 71.3 Å². The lowest BCUT2D eigenvalue weighted by Gasteiger charge is -2.25. The molecule has 0 radical (unpaired) electrons. The first kappa shape index (κ1) is 21.4. The van der Waals surface area contributed by atoms with Crippen LogP contribution in [0.2, 0.25) is 0 Å². The number of nitrogens with zero attached hydrogens (tertiary/aromatic N) is 2. The standard InChI is InChI=1S/C21H34N4O2/c1-16-8-6-9-18(17(16)2)22-19(26)14-24-10-7-11-25(13-12-24)15-20(27)23-21(3,4)5/h6,8-9H,7,10-15H2,1-5H3,(H,22,26)(H,23,27). The summed E-state index contributed by atoms with van der Waals surface area (Å²) in [6, 6.07) is 5.95. The number of benzene rings is 1. The lowest BCUT2D eigenvalue weighted by atomic mass is 10.1. The number of hydrogen-bond donors (Lipinski definition) is 2. The molecule has 1 fully saturated rings. The maximum atomic E-state index is 12.4. The maximum Gasteiger partial charge on any atom is 0.238 e. The van der Waals surface area contributed by atoms with E-state index in [1.165, 1.54) is 5.56 Å². The van der Waals surface area contributed by atoms with Gasteiger partial charge in [0.05, 0.1) is 13.1 Å². The molecule has 0 aromatic heterocycles. The van der Waals surface area contributed by atoms with E-state index in [4.69, 9.17) is 0 Å². The van der Waals surface area contributed by atoms with Gasteiger partial charge < -0.3 is 10.6 Å². The maximum absolute atomic E-state index is 12.4. The summed E-state index contributed by atoms with van der Waals surface area (Å²) < 4.78 is 0. The predicted molar refractivity (Wildman–Crippen MR) is 110 cm³/mol. The van der Waals surface area contributed by atoms with Gasteiger partial charge in [0.25, 0.3) is 0 Å². The minimum absolute atomic E-state index is 0.0163. The van der Waals surface area contributed by atoms with Crippen molar-refractivity contribution in [3.8, 4) is 0 Å². The average Bonchev–Trinajstić information content (AvgIpc) is 2.75. The van der Waals surface area contributed by atoms with E-state index in [9.17, 15) is 9.59 Å². The highest BCUT2D eigenvalue weighted by molar-refractivity contribution is 5.93. The number of aryl methyl sites for hydroxylation is 1. The van der Waals surface area contributed by atoms with Crippen molar-refractivity contribution in [3.05, 3.63) is 29.3 Å². The van der Waals surface area contributed by atoms with Crippen molar-refractivity contribution in [3.63, 3.8) is 0 Å². The lowest BCUT2D eigenvalue weighted by Crippen LogP contribution is -2.46. The fourth-order valence-electron chi connectivity index (χ4n) is 3.28. The lowest BCUT2D eigenvalue weighted by molar-refractivity contribution is -0.123. The zero-order chi connectivity index (χ0) is 20.0. The third-order valence-corrected chi connectivity index (χ3v) is 4.81. The van der Waals surface area contributed by atoms with E-state index in [0.717, 1.165) is 43.9 Å². The van der Waals surface area contributed by atoms with Crippen molar-refractivity contribution in [2.45, 2.75) is 46.6 Å². The highest BCUT2D eigenvalue weighted by atomic mass is 16.2. The molecule has 1 aromatic carbocycles. The van der Waals surface area contributed by atoms with Gasteiger partial charge in [-0.15, -0.1) is 0 Å². The fraction of sp³-hybridized carbons (Fsp3) is 0.619. The second kappa shape index (κ2) is 9.33. The van der Waals surface area contributed by atoms with E-state index in [-0.39, 0.29) is 17.4 Å². The number of nitrogens with one attached hydrogen (secondary N) is 2. The van der Waals surface area contributed by atoms with E-state index >= 15 is 0 Å². The van der Waals surface area contributed by atoms with Crippen LogP contribution in [-0.4, -0.2) is 66.4 Å². The Kier molecular flexibility index (Phi) is 7.39. The van der Waals surface area contributed by atoms with E-state index in [0.29, 0.717) is 13.1 Å². The summed E-state index contributed by atoms with van der Waals surface area (Å²) in [5, 5.41) is 6.04. The highest BCUT2D eigenvalue weighted by Gasteiger charge is 2.21. The third kappa shape index (κ3) is 7.31. The van der Waals surface area contributed by atoms with Gasteiger partial charge in [-0.2, -0.15) is 0 Å². The average molecular weight is 375 g/mol. The van der Waals surface area contributed by atoms with Crippen LogP contribution in [0.15, 0.2) is 18.2 Å². The van der Waals surface area contributed by atoms with Crippen molar-refractivity contribution >= 4 is 17.5 Å². The van der Waals surface area contributed by atoms with Crippen molar-refractivity contribution in [1.82, 2.24) is 15.1 Å². The predicted octanol–water partition coefficient (Wildman–Crippen LogP) is 2.16. The molecule has 1 aliphatic rings. The molecule has 2 amide bonds. The monoisotopic (exact) mass is 374 g/mol. The van der Waals surface area contributed by atoms with E-state index < -0.39 is 0 Å². The van der Waals surface area contributed by atoms with Gasteiger partial charge >= 0.3 is 0 Å². The largest absolute Gasteiger partial charge is 0.350 e. The quantitative estimate of drug-likeness (QED) is 0.829. The minimum atomic E-state index is -0.207. The summed E-state index contributed by atoms with van der Waals surface area (Å²) in [4.78, 5) is 28.9. The van der Waals surface area contributed by atoms with Gasteiger partial charge in [-0.1, -0.05) is 12.1 Å². The zero-order valence-corrected chi connectivity index (χ0v) is 17.4. The van der Waals surface area contributed by atoms with Crippen LogP contribution >= 0.6 is 0 Å². The molecule has 2 rings (SSSR count). The number of rotatable bonds is 5. The Morgan fingerprint density at radius 3 is 2.15 bits per heavy atom. The van der Waals surface area contributed by atoms with Gasteiger partial charge in [0.15, 0.2) is 0 Å². The molecule has 27 heavy (non-hydrogen) atoms. The molecule has 0 bridgehead atoms. The van der Waals surface area contributed by atoms with E-state index in [2.05, 4.69) is 20.4 Å². The molecule has 1 aromatic rings. The second-order valence-electron chi connectivity index (χ2n) is 8.50. The minimum Gasteiger partial charge on any atom is -0.350 e. The van der Waals surface area contributed by atoms with Crippen molar-refractivity contribution in [2.75, 3.05) is 44.6 Å². The van der Waals surface area contributed by atoms with Crippen LogP contribution in [0.1, 0.15) is 38.3 Å². The Bertz CT molecular complexity index is 667. The summed E-state index contributed by atoms with van der Waals surface area (Å²) in [6.07, 6.45) is 0.958. The van der Waals surface area contributed by atoms with Crippen LogP contribution in [-0.2, 0) is 9.59 Å². The summed E-state index contributed by atoms with van der Waals surface area (Å²) in [5.41, 5.74) is 2.96. The molecule has 0 unspecified atom stereocenters. The highest BCUT2D eigenvalue weighted by Crippen LogP contribution is 2.18. The van der Waals surface area contributed by atoms with Crippen LogP contribution < -0.4 is 10.6 Å². The van der Waals surface area contributed by atoms with Crippen molar-refractivity contribution in [1.29, 1.82) is 0 Å². The molecule has 6 nitrogen and oxygen atoms in total.